The highest BCUT2D eigenvalue weighted by atomic mass is 32.2. The fourth-order valence-electron chi connectivity index (χ4n) is 5.84. The minimum absolute atomic E-state index is 0.00794. The standard InChI is InChI=1S/C33H34F2N4O4S/c1-41-30-10-11-31(42-2)28-19-26(8-9-27(28)30)43-32-29(20-36-39(33(32)40)25-17-23(34)16-24(35)18-25)37-12-14-38(15-13-37)44-21-22-6-4-3-5-7-22/h3-7,10-11,16-18,20,26H,8-9,12-15,19,21H2,1-2H3. The molecule has 44 heavy (non-hydrogen) atoms. The molecule has 1 aromatic heterocycles. The Labute approximate surface area is 259 Å². The van der Waals surface area contributed by atoms with Crippen LogP contribution in [0.3, 0.4) is 0 Å². The van der Waals surface area contributed by atoms with Gasteiger partial charge < -0.3 is 19.1 Å². The molecule has 0 radical (unpaired) electrons. The summed E-state index contributed by atoms with van der Waals surface area (Å²) in [7, 11) is 3.27. The molecule has 1 aliphatic carbocycles. The van der Waals surface area contributed by atoms with Gasteiger partial charge in [0.25, 0.3) is 0 Å². The Balaban J connectivity index is 1.28. The Hall–Kier alpha value is -4.09. The predicted octanol–water partition coefficient (Wildman–Crippen LogP) is 5.43. The number of methoxy groups -OCH3 is 2. The molecule has 4 aromatic rings. The van der Waals surface area contributed by atoms with Gasteiger partial charge in [0.05, 0.1) is 26.1 Å². The van der Waals surface area contributed by atoms with Crippen LogP contribution in [0, 0.1) is 11.6 Å². The third kappa shape index (κ3) is 6.39. The average molecular weight is 621 g/mol. The molecule has 0 amide bonds. The van der Waals surface area contributed by atoms with Crippen molar-refractivity contribution >= 4 is 17.6 Å². The number of rotatable bonds is 9. The molecule has 2 heterocycles. The molecular formula is C33H34F2N4O4S. The lowest BCUT2D eigenvalue weighted by atomic mass is 9.88. The van der Waals surface area contributed by atoms with E-state index >= 15 is 0 Å². The highest BCUT2D eigenvalue weighted by Gasteiger charge is 2.30. The van der Waals surface area contributed by atoms with Gasteiger partial charge >= 0.3 is 5.56 Å². The number of ether oxygens (including phenoxy) is 3. The Morgan fingerprint density at radius 1 is 0.909 bits per heavy atom. The second kappa shape index (κ2) is 13.3. The van der Waals surface area contributed by atoms with E-state index < -0.39 is 17.2 Å². The molecule has 1 aliphatic heterocycles. The molecule has 2 aliphatic rings. The number of hydrogen-bond acceptors (Lipinski definition) is 8. The highest BCUT2D eigenvalue weighted by molar-refractivity contribution is 7.96. The van der Waals surface area contributed by atoms with Crippen LogP contribution in [0.2, 0.25) is 0 Å². The normalized spacial score (nSPS) is 16.8. The SMILES string of the molecule is COc1ccc(OC)c2c1CCC(Oc1c(N3CCN(SCc4ccccc4)CC3)cnn(-c3cc(F)cc(F)c3)c1=O)C2. The number of anilines is 1. The number of hydrogen-bond donors (Lipinski definition) is 0. The number of fused-ring (bicyclic) bond motifs is 1. The fraction of sp³-hybridized carbons (Fsp3) is 0.333. The summed E-state index contributed by atoms with van der Waals surface area (Å²) >= 11 is 1.79. The monoisotopic (exact) mass is 620 g/mol. The Kier molecular flexibility index (Phi) is 9.04. The van der Waals surface area contributed by atoms with Crippen LogP contribution in [0.4, 0.5) is 14.5 Å². The highest BCUT2D eigenvalue weighted by Crippen LogP contribution is 2.38. The van der Waals surface area contributed by atoms with Gasteiger partial charge in [0.15, 0.2) is 0 Å². The number of halogens is 2. The van der Waals surface area contributed by atoms with E-state index in [4.69, 9.17) is 14.2 Å². The van der Waals surface area contributed by atoms with Crippen LogP contribution in [-0.4, -0.2) is 60.6 Å². The van der Waals surface area contributed by atoms with E-state index in [9.17, 15) is 13.6 Å². The van der Waals surface area contributed by atoms with Crippen LogP contribution in [0.15, 0.2) is 71.7 Å². The molecule has 0 saturated carbocycles. The first-order valence-electron chi connectivity index (χ1n) is 14.6. The third-order valence-electron chi connectivity index (χ3n) is 8.06. The van der Waals surface area contributed by atoms with Crippen LogP contribution in [-0.2, 0) is 18.6 Å². The van der Waals surface area contributed by atoms with Crippen LogP contribution in [0.1, 0.15) is 23.1 Å². The molecule has 0 N–H and O–H groups in total. The lowest BCUT2D eigenvalue weighted by molar-refractivity contribution is 0.178. The van der Waals surface area contributed by atoms with E-state index in [0.717, 1.165) is 64.3 Å². The quantitative estimate of drug-likeness (QED) is 0.230. The molecular weight excluding hydrogens is 586 g/mol. The minimum Gasteiger partial charge on any atom is -0.496 e. The molecule has 3 aromatic carbocycles. The number of piperazine rings is 1. The lowest BCUT2D eigenvalue weighted by Crippen LogP contribution is -2.44. The first-order valence-corrected chi connectivity index (χ1v) is 15.5. The Morgan fingerprint density at radius 3 is 2.27 bits per heavy atom. The number of nitrogens with zero attached hydrogens (tertiary/aromatic N) is 4. The minimum atomic E-state index is -0.797. The van der Waals surface area contributed by atoms with Gasteiger partial charge in [0.1, 0.15) is 34.9 Å². The zero-order chi connectivity index (χ0) is 30.6. The fourth-order valence-corrected chi connectivity index (χ4v) is 6.79. The zero-order valence-corrected chi connectivity index (χ0v) is 25.5. The van der Waals surface area contributed by atoms with Crippen LogP contribution >= 0.6 is 11.9 Å². The maximum atomic E-state index is 14.1. The van der Waals surface area contributed by atoms with Gasteiger partial charge in [-0.25, -0.2) is 13.1 Å². The van der Waals surface area contributed by atoms with Gasteiger partial charge in [-0.2, -0.15) is 9.78 Å². The summed E-state index contributed by atoms with van der Waals surface area (Å²) < 4.78 is 49.3. The van der Waals surface area contributed by atoms with Crippen molar-refractivity contribution in [2.75, 3.05) is 45.3 Å². The van der Waals surface area contributed by atoms with Crippen molar-refractivity contribution in [2.45, 2.75) is 31.1 Å². The average Bonchev–Trinajstić information content (AvgIpc) is 3.04. The van der Waals surface area contributed by atoms with Crippen LogP contribution < -0.4 is 24.7 Å². The van der Waals surface area contributed by atoms with Crippen molar-refractivity contribution in [3.05, 3.63) is 106 Å². The summed E-state index contributed by atoms with van der Waals surface area (Å²) in [5.74, 6) is 0.936. The van der Waals surface area contributed by atoms with Crippen molar-refractivity contribution < 1.29 is 23.0 Å². The van der Waals surface area contributed by atoms with E-state index in [1.807, 2.05) is 30.3 Å². The number of benzene rings is 3. The summed E-state index contributed by atoms with van der Waals surface area (Å²) in [5.41, 5.74) is 3.30. The smallest absolute Gasteiger partial charge is 0.316 e. The molecule has 1 saturated heterocycles. The summed E-state index contributed by atoms with van der Waals surface area (Å²) in [6, 6.07) is 17.0. The predicted molar refractivity (Wildman–Crippen MR) is 167 cm³/mol. The molecule has 0 bridgehead atoms. The van der Waals surface area contributed by atoms with Gasteiger partial charge in [0.2, 0.25) is 5.75 Å². The van der Waals surface area contributed by atoms with Crippen LogP contribution in [0.5, 0.6) is 17.2 Å². The summed E-state index contributed by atoms with van der Waals surface area (Å²) in [6.45, 7) is 2.89. The Bertz CT molecular complexity index is 1660. The summed E-state index contributed by atoms with van der Waals surface area (Å²) in [4.78, 5) is 16.1. The van der Waals surface area contributed by atoms with Gasteiger partial charge in [-0.1, -0.05) is 42.3 Å². The first-order chi connectivity index (χ1) is 21.4. The molecule has 0 spiro atoms. The van der Waals surface area contributed by atoms with Crippen LogP contribution in [0.25, 0.3) is 5.69 Å². The largest absolute Gasteiger partial charge is 0.496 e. The van der Waals surface area contributed by atoms with E-state index in [2.05, 4.69) is 26.4 Å². The van der Waals surface area contributed by atoms with E-state index in [0.29, 0.717) is 38.0 Å². The van der Waals surface area contributed by atoms with E-state index in [1.54, 1.807) is 32.4 Å². The van der Waals surface area contributed by atoms with Gasteiger partial charge in [-0.3, -0.25) is 4.79 Å². The Morgan fingerprint density at radius 2 is 1.59 bits per heavy atom. The molecule has 1 fully saturated rings. The third-order valence-corrected chi connectivity index (χ3v) is 9.25. The van der Waals surface area contributed by atoms with Crippen molar-refractivity contribution in [1.82, 2.24) is 14.1 Å². The second-order valence-electron chi connectivity index (χ2n) is 10.8. The number of aromatic nitrogens is 2. The van der Waals surface area contributed by atoms with Crippen molar-refractivity contribution in [1.29, 1.82) is 0 Å². The first kappa shape index (κ1) is 30.0. The molecule has 1 unspecified atom stereocenters. The van der Waals surface area contributed by atoms with Crippen molar-refractivity contribution in [3.63, 3.8) is 0 Å². The molecule has 6 rings (SSSR count). The van der Waals surface area contributed by atoms with Gasteiger partial charge in [-0.05, 0) is 42.7 Å². The molecule has 1 atom stereocenters. The summed E-state index contributed by atoms with van der Waals surface area (Å²) in [5, 5.41) is 4.33. The molecule has 8 nitrogen and oxygen atoms in total. The maximum absolute atomic E-state index is 14.1. The topological polar surface area (TPSA) is 69.1 Å². The van der Waals surface area contributed by atoms with Crippen molar-refractivity contribution in [3.8, 4) is 22.9 Å². The zero-order valence-electron chi connectivity index (χ0n) is 24.7. The van der Waals surface area contributed by atoms with Gasteiger partial charge in [-0.15, -0.1) is 0 Å². The molecule has 11 heteroatoms. The van der Waals surface area contributed by atoms with Gasteiger partial charge in [0, 0.05) is 55.5 Å². The summed E-state index contributed by atoms with van der Waals surface area (Å²) in [6.07, 6.45) is 3.07. The second-order valence-corrected chi connectivity index (χ2v) is 11.9. The van der Waals surface area contributed by atoms with Crippen molar-refractivity contribution in [2.24, 2.45) is 0 Å². The lowest BCUT2D eigenvalue weighted by Gasteiger charge is -2.36. The molecule has 230 valence electrons. The van der Waals surface area contributed by atoms with E-state index in [1.165, 1.54) is 5.56 Å². The van der Waals surface area contributed by atoms with E-state index in [-0.39, 0.29) is 17.5 Å². The maximum Gasteiger partial charge on any atom is 0.316 e.